The van der Waals surface area contributed by atoms with Crippen LogP contribution in [0.25, 0.3) is 0 Å². The summed E-state index contributed by atoms with van der Waals surface area (Å²) in [6.07, 6.45) is 7.47. The first kappa shape index (κ1) is 19.8. The van der Waals surface area contributed by atoms with Gasteiger partial charge in [-0.1, -0.05) is 81.8 Å². The van der Waals surface area contributed by atoms with Crippen LogP contribution in [0.1, 0.15) is 46.5 Å². The van der Waals surface area contributed by atoms with E-state index in [0.717, 1.165) is 0 Å². The summed E-state index contributed by atoms with van der Waals surface area (Å²) in [5.41, 5.74) is 0.0709. The molecule has 0 aromatic rings. The molecule has 0 bridgehead atoms. The van der Waals surface area contributed by atoms with Crippen molar-refractivity contribution in [3.8, 4) is 0 Å². The van der Waals surface area contributed by atoms with E-state index < -0.39 is 19.5 Å². The van der Waals surface area contributed by atoms with Gasteiger partial charge in [-0.3, -0.25) is 0 Å². The van der Waals surface area contributed by atoms with Gasteiger partial charge < -0.3 is 8.85 Å². The van der Waals surface area contributed by atoms with E-state index >= 15 is 0 Å². The Labute approximate surface area is 138 Å². The fourth-order valence-electron chi connectivity index (χ4n) is 2.37. The monoisotopic (exact) mass is 414 g/mol. The molecule has 0 aliphatic rings. The van der Waals surface area contributed by atoms with Crippen molar-refractivity contribution in [3.63, 3.8) is 0 Å². The molecule has 0 amide bonds. The Morgan fingerprint density at radius 2 is 1.74 bits per heavy atom. The molecule has 0 aromatic heterocycles. The van der Waals surface area contributed by atoms with Crippen LogP contribution < -0.4 is 0 Å². The molecular weight excluding hydrogens is 383 g/mol. The Morgan fingerprint density at radius 3 is 2.16 bits per heavy atom. The van der Waals surface area contributed by atoms with Crippen LogP contribution in [-0.4, -0.2) is 25.8 Å². The van der Waals surface area contributed by atoms with E-state index in [9.17, 15) is 0 Å². The minimum Gasteiger partial charge on any atom is -0.400 e. The number of rotatable bonds is 11. The van der Waals surface area contributed by atoms with Gasteiger partial charge in [0.15, 0.2) is 19.5 Å². The zero-order valence-electron chi connectivity index (χ0n) is 13.2. The summed E-state index contributed by atoms with van der Waals surface area (Å²) in [5.74, 6) is 0.544. The van der Waals surface area contributed by atoms with Crippen molar-refractivity contribution >= 4 is 42.1 Å². The third kappa shape index (κ3) is 7.40. The topological polar surface area (TPSA) is 18.5 Å². The lowest BCUT2D eigenvalue weighted by Gasteiger charge is -2.39. The fourth-order valence-corrected chi connectivity index (χ4v) is 4.72. The van der Waals surface area contributed by atoms with Gasteiger partial charge in [0.1, 0.15) is 6.29 Å². The van der Waals surface area contributed by atoms with Crippen LogP contribution in [0.5, 0.6) is 0 Å². The van der Waals surface area contributed by atoms with Gasteiger partial charge in [-0.2, -0.15) is 0 Å². The van der Waals surface area contributed by atoms with E-state index in [1.165, 1.54) is 25.7 Å². The number of hydrogen-bond donors (Lipinski definition) is 0. The molecule has 0 rings (SSSR count). The minimum absolute atomic E-state index is 0.0000554. The van der Waals surface area contributed by atoms with Crippen molar-refractivity contribution in [2.45, 2.75) is 65.8 Å². The summed E-state index contributed by atoms with van der Waals surface area (Å²) in [4.78, 5) is 0. The molecule has 0 spiro atoms. The summed E-state index contributed by atoms with van der Waals surface area (Å²) in [7, 11) is -0.864. The van der Waals surface area contributed by atoms with Crippen LogP contribution in [0.2, 0.25) is 13.1 Å². The Bertz CT molecular complexity index is 242. The number of halogens is 1. The second-order valence-corrected chi connectivity index (χ2v) is 8.03. The lowest BCUT2D eigenvalue weighted by atomic mass is 9.75. The first-order chi connectivity index (χ1) is 9.04. The predicted octanol–water partition coefficient (Wildman–Crippen LogP) is 3.78. The summed E-state index contributed by atoms with van der Waals surface area (Å²) in [6.45, 7) is 11.2. The number of allylic oxidation sites excluding steroid dienone is 1. The van der Waals surface area contributed by atoms with Crippen molar-refractivity contribution in [2.75, 3.05) is 0 Å². The summed E-state index contributed by atoms with van der Waals surface area (Å²) in [5, 5.41) is 0. The zero-order chi connectivity index (χ0) is 14.7. The van der Waals surface area contributed by atoms with Crippen LogP contribution >= 0.6 is 22.6 Å². The van der Waals surface area contributed by atoms with Crippen LogP contribution in [0.4, 0.5) is 0 Å². The van der Waals surface area contributed by atoms with Crippen molar-refractivity contribution in [1.29, 1.82) is 0 Å². The van der Waals surface area contributed by atoms with Crippen molar-refractivity contribution in [3.05, 3.63) is 10.2 Å². The molecule has 0 saturated carbocycles. The van der Waals surface area contributed by atoms with Crippen molar-refractivity contribution in [1.82, 2.24) is 0 Å². The normalized spacial score (nSPS) is 17.2. The Morgan fingerprint density at radius 1 is 1.16 bits per heavy atom. The van der Waals surface area contributed by atoms with Crippen LogP contribution in [0.3, 0.4) is 0 Å². The Balaban J connectivity index is 4.79. The third-order valence-electron chi connectivity index (χ3n) is 3.62. The first-order valence-corrected chi connectivity index (χ1v) is 12.8. The van der Waals surface area contributed by atoms with E-state index in [4.69, 9.17) is 8.85 Å². The quantitative estimate of drug-likeness (QED) is 0.222. The average Bonchev–Trinajstić information content (AvgIpc) is 2.37. The fraction of sp³-hybridized carbons (Fsp3) is 0.857. The van der Waals surface area contributed by atoms with Gasteiger partial charge in [0.25, 0.3) is 0 Å². The maximum Gasteiger partial charge on any atom is 0.161 e. The third-order valence-corrected chi connectivity index (χ3v) is 5.31. The second kappa shape index (κ2) is 11.5. The SMILES string of the molecule is CCCCCC(/C=C/I)C(C)(C)C(O[SiH2]C)O[SiH2]C. The highest BCUT2D eigenvalue weighted by Gasteiger charge is 2.36. The zero-order valence-corrected chi connectivity index (χ0v) is 18.2. The van der Waals surface area contributed by atoms with E-state index in [1.54, 1.807) is 0 Å². The van der Waals surface area contributed by atoms with Gasteiger partial charge in [-0.25, -0.2) is 0 Å². The molecule has 0 radical (unpaired) electrons. The Hall–Kier alpha value is 0.824. The summed E-state index contributed by atoms with van der Waals surface area (Å²) >= 11 is 2.33. The minimum atomic E-state index is -0.432. The summed E-state index contributed by atoms with van der Waals surface area (Å²) in [6, 6.07) is 0. The molecule has 0 fully saturated rings. The predicted molar refractivity (Wildman–Crippen MR) is 99.3 cm³/mol. The van der Waals surface area contributed by atoms with Crippen molar-refractivity contribution < 1.29 is 8.85 Å². The van der Waals surface area contributed by atoms with Gasteiger partial charge in [-0.15, -0.1) is 0 Å². The van der Waals surface area contributed by atoms with E-state index in [1.807, 2.05) is 0 Å². The molecule has 1 atom stereocenters. The molecule has 19 heavy (non-hydrogen) atoms. The first-order valence-electron chi connectivity index (χ1n) is 7.54. The molecule has 0 aliphatic carbocycles. The standard InChI is InChI=1S/C14H31IO2Si2/c1-6-7-8-9-12(10-11-15)14(2,3)13(16-18-4)17-19-5/h10-13H,6-9,18-19H2,1-5H3/b11-10+. The molecule has 1 unspecified atom stereocenters. The van der Waals surface area contributed by atoms with Crippen LogP contribution in [0.15, 0.2) is 10.2 Å². The van der Waals surface area contributed by atoms with E-state index in [2.05, 4.69) is 66.6 Å². The number of unbranched alkanes of at least 4 members (excludes halogenated alkanes) is 2. The van der Waals surface area contributed by atoms with Gasteiger partial charge in [0.05, 0.1) is 0 Å². The molecule has 0 aliphatic heterocycles. The lowest BCUT2D eigenvalue weighted by Crippen LogP contribution is -2.41. The smallest absolute Gasteiger partial charge is 0.161 e. The van der Waals surface area contributed by atoms with Gasteiger partial charge in [-0.05, 0) is 16.4 Å². The molecule has 0 aromatic carbocycles. The average molecular weight is 414 g/mol. The highest BCUT2D eigenvalue weighted by atomic mass is 127. The highest BCUT2D eigenvalue weighted by molar-refractivity contribution is 14.1. The Kier molecular flexibility index (Phi) is 12.0. The molecule has 0 N–H and O–H groups in total. The molecule has 5 heteroatoms. The van der Waals surface area contributed by atoms with Gasteiger partial charge in [0.2, 0.25) is 0 Å². The maximum atomic E-state index is 6.00. The van der Waals surface area contributed by atoms with Crippen LogP contribution in [0, 0.1) is 11.3 Å². The molecule has 0 saturated heterocycles. The van der Waals surface area contributed by atoms with E-state index in [-0.39, 0.29) is 11.7 Å². The number of hydrogen-bond acceptors (Lipinski definition) is 2. The molecule has 2 nitrogen and oxygen atoms in total. The second-order valence-electron chi connectivity index (χ2n) is 5.48. The molecule has 0 heterocycles. The molecule has 114 valence electrons. The summed E-state index contributed by atoms with van der Waals surface area (Å²) < 4.78 is 14.1. The largest absolute Gasteiger partial charge is 0.400 e. The highest BCUT2D eigenvalue weighted by Crippen LogP contribution is 2.37. The lowest BCUT2D eigenvalue weighted by molar-refractivity contribution is -0.0977. The maximum absolute atomic E-state index is 6.00. The van der Waals surface area contributed by atoms with Gasteiger partial charge in [0, 0.05) is 5.41 Å². The van der Waals surface area contributed by atoms with Crippen LogP contribution in [-0.2, 0) is 8.85 Å². The molecular formula is C14H31IO2Si2. The van der Waals surface area contributed by atoms with Crippen molar-refractivity contribution in [2.24, 2.45) is 11.3 Å². The van der Waals surface area contributed by atoms with E-state index in [0.29, 0.717) is 5.92 Å². The van der Waals surface area contributed by atoms with Gasteiger partial charge >= 0.3 is 0 Å².